The molecule has 0 aliphatic carbocycles. The minimum atomic E-state index is -0.339. The number of thioether (sulfide) groups is 1. The van der Waals surface area contributed by atoms with Gasteiger partial charge in [0.25, 0.3) is 0 Å². The summed E-state index contributed by atoms with van der Waals surface area (Å²) in [5.41, 5.74) is 4.39. The summed E-state index contributed by atoms with van der Waals surface area (Å²) in [6.07, 6.45) is 0. The lowest BCUT2D eigenvalue weighted by molar-refractivity contribution is 0.0531. The van der Waals surface area contributed by atoms with Crippen molar-refractivity contribution in [1.82, 2.24) is 0 Å². The topological polar surface area (TPSA) is 71.4 Å². The number of carbonyl (C=O) groups excluding carboxylic acids is 1. The van der Waals surface area contributed by atoms with Gasteiger partial charge in [-0.1, -0.05) is 35.5 Å². The first kappa shape index (κ1) is 22.2. The molecule has 166 valence electrons. The fourth-order valence-electron chi connectivity index (χ4n) is 3.64. The van der Waals surface area contributed by atoms with Crippen molar-refractivity contribution < 1.29 is 19.5 Å². The molecule has 0 radical (unpaired) electrons. The van der Waals surface area contributed by atoms with Crippen molar-refractivity contribution in [3.8, 4) is 5.75 Å². The predicted molar refractivity (Wildman–Crippen MR) is 129 cm³/mol. The van der Waals surface area contributed by atoms with Crippen LogP contribution in [0.4, 0.5) is 5.69 Å². The Kier molecular flexibility index (Phi) is 7.02. The van der Waals surface area contributed by atoms with Crippen LogP contribution in [0.3, 0.4) is 0 Å². The van der Waals surface area contributed by atoms with E-state index >= 15 is 0 Å². The maximum absolute atomic E-state index is 12.8. The fourth-order valence-corrected chi connectivity index (χ4v) is 6.13. The van der Waals surface area contributed by atoms with Crippen LogP contribution in [0.2, 0.25) is 0 Å². The number of carbonyl (C=O) groups is 1. The normalized spacial score (nSPS) is 14.3. The Labute approximate surface area is 195 Å². The number of hydrogen-bond acceptors (Lipinski definition) is 8. The number of thiophene rings is 1. The Hall–Kier alpha value is -2.97. The lowest BCUT2D eigenvalue weighted by atomic mass is 10.00. The van der Waals surface area contributed by atoms with Gasteiger partial charge in [-0.15, -0.1) is 23.1 Å². The van der Waals surface area contributed by atoms with Gasteiger partial charge in [-0.3, -0.25) is 0 Å². The van der Waals surface area contributed by atoms with Crippen molar-refractivity contribution in [1.29, 1.82) is 0 Å². The Bertz CT molecular complexity index is 1110. The van der Waals surface area contributed by atoms with Crippen LogP contribution in [-0.4, -0.2) is 37.1 Å². The van der Waals surface area contributed by atoms with Gasteiger partial charge in [0.1, 0.15) is 16.3 Å². The highest BCUT2D eigenvalue weighted by molar-refractivity contribution is 8.00. The lowest BCUT2D eigenvalue weighted by Crippen LogP contribution is -2.36. The third kappa shape index (κ3) is 4.61. The number of fused-ring (bicyclic) bond motifs is 1. The zero-order chi connectivity index (χ0) is 22.5. The molecule has 1 aromatic heterocycles. The van der Waals surface area contributed by atoms with Crippen molar-refractivity contribution in [2.45, 2.75) is 23.4 Å². The van der Waals surface area contributed by atoms with Crippen LogP contribution in [-0.2, 0) is 17.0 Å². The Morgan fingerprint density at radius 3 is 2.56 bits per heavy atom. The van der Waals surface area contributed by atoms with Gasteiger partial charge in [-0.25, -0.2) is 4.79 Å². The molecule has 1 N–H and O–H groups in total. The van der Waals surface area contributed by atoms with E-state index in [0.717, 1.165) is 32.5 Å². The first-order valence-corrected chi connectivity index (χ1v) is 12.0. The number of methoxy groups -OCH3 is 1. The summed E-state index contributed by atoms with van der Waals surface area (Å²) >= 11 is 3.06. The minimum Gasteiger partial charge on any atom is -0.497 e. The van der Waals surface area contributed by atoms with Crippen molar-refractivity contribution in [3.05, 3.63) is 76.2 Å². The summed E-state index contributed by atoms with van der Waals surface area (Å²) in [6.45, 7) is 3.07. The number of ether oxygens (including phenoxy) is 2. The van der Waals surface area contributed by atoms with E-state index in [1.807, 2.05) is 42.5 Å². The van der Waals surface area contributed by atoms with E-state index < -0.39 is 0 Å². The van der Waals surface area contributed by atoms with Crippen molar-refractivity contribution >= 4 is 40.5 Å². The van der Waals surface area contributed by atoms with E-state index in [4.69, 9.17) is 9.47 Å². The summed E-state index contributed by atoms with van der Waals surface area (Å²) in [4.78, 5) is 15.4. The van der Waals surface area contributed by atoms with Crippen molar-refractivity contribution in [2.75, 3.05) is 25.2 Å². The molecule has 2 heterocycles. The third-order valence-corrected chi connectivity index (χ3v) is 7.74. The van der Waals surface area contributed by atoms with E-state index in [1.165, 1.54) is 16.9 Å². The number of anilines is 1. The fraction of sp³-hybridized carbons (Fsp3) is 0.250. The highest BCUT2D eigenvalue weighted by Gasteiger charge is 2.33. The molecule has 4 rings (SSSR count). The highest BCUT2D eigenvalue weighted by atomic mass is 32.2. The Balaban J connectivity index is 1.70. The maximum atomic E-state index is 12.8. The molecule has 0 saturated carbocycles. The number of nitrogens with zero attached hydrogens (tertiary/aromatic N) is 2. The van der Waals surface area contributed by atoms with Gasteiger partial charge in [-0.2, -0.15) is 0 Å². The molecule has 0 saturated heterocycles. The molecule has 0 spiro atoms. The average molecular weight is 469 g/mol. The summed E-state index contributed by atoms with van der Waals surface area (Å²) < 4.78 is 11.6. The van der Waals surface area contributed by atoms with Gasteiger partial charge in [0.2, 0.25) is 0 Å². The van der Waals surface area contributed by atoms with Crippen molar-refractivity contribution in [2.24, 2.45) is 5.16 Å². The van der Waals surface area contributed by atoms with Gasteiger partial charge in [0.15, 0.2) is 0 Å². The average Bonchev–Trinajstić information content (AvgIpc) is 3.22. The van der Waals surface area contributed by atoms with Gasteiger partial charge >= 0.3 is 5.97 Å². The number of esters is 1. The van der Waals surface area contributed by atoms with Crippen LogP contribution in [0.15, 0.2) is 64.0 Å². The minimum absolute atomic E-state index is 0.307. The quantitative estimate of drug-likeness (QED) is 0.216. The molecule has 1 aliphatic heterocycles. The molecule has 32 heavy (non-hydrogen) atoms. The molecule has 0 atom stereocenters. The molecular formula is C24H24N2O4S2. The SMILES string of the molecule is CCOC(=O)c1sc(SCc2ccccc2)c2c1CN(c1ccc(OC)cc1)C/C2=N\O. The predicted octanol–water partition coefficient (Wildman–Crippen LogP) is 5.42. The van der Waals surface area contributed by atoms with E-state index in [1.54, 1.807) is 25.8 Å². The second-order valence-electron chi connectivity index (χ2n) is 7.17. The number of oxime groups is 1. The van der Waals surface area contributed by atoms with Crippen LogP contribution in [0, 0.1) is 0 Å². The molecule has 0 fully saturated rings. The van der Waals surface area contributed by atoms with Gasteiger partial charge < -0.3 is 19.6 Å². The zero-order valence-electron chi connectivity index (χ0n) is 17.9. The molecule has 0 amide bonds. The Morgan fingerprint density at radius 1 is 1.16 bits per heavy atom. The second kappa shape index (κ2) is 10.1. The number of benzene rings is 2. The first-order valence-electron chi connectivity index (χ1n) is 10.2. The van der Waals surface area contributed by atoms with Gasteiger partial charge in [-0.05, 0) is 36.8 Å². The highest BCUT2D eigenvalue weighted by Crippen LogP contribution is 2.42. The number of hydrogen-bond donors (Lipinski definition) is 1. The van der Waals surface area contributed by atoms with Gasteiger partial charge in [0, 0.05) is 29.1 Å². The zero-order valence-corrected chi connectivity index (χ0v) is 19.5. The molecular weight excluding hydrogens is 444 g/mol. The number of rotatable bonds is 7. The Morgan fingerprint density at radius 2 is 1.91 bits per heavy atom. The van der Waals surface area contributed by atoms with Crippen LogP contribution < -0.4 is 9.64 Å². The summed E-state index contributed by atoms with van der Waals surface area (Å²) in [5.74, 6) is 1.19. The maximum Gasteiger partial charge on any atom is 0.348 e. The molecule has 1 aliphatic rings. The van der Waals surface area contributed by atoms with Crippen LogP contribution in [0.1, 0.15) is 33.3 Å². The largest absolute Gasteiger partial charge is 0.497 e. The molecule has 2 aromatic carbocycles. The van der Waals surface area contributed by atoms with E-state index in [0.29, 0.717) is 30.3 Å². The third-order valence-electron chi connectivity index (χ3n) is 5.18. The van der Waals surface area contributed by atoms with Gasteiger partial charge in [0.05, 0.1) is 24.5 Å². The molecule has 6 nitrogen and oxygen atoms in total. The van der Waals surface area contributed by atoms with Crippen LogP contribution >= 0.6 is 23.1 Å². The first-order chi connectivity index (χ1) is 15.6. The smallest absolute Gasteiger partial charge is 0.348 e. The molecule has 3 aromatic rings. The monoisotopic (exact) mass is 468 g/mol. The summed E-state index contributed by atoms with van der Waals surface area (Å²) in [5, 5.41) is 13.5. The van der Waals surface area contributed by atoms with Crippen molar-refractivity contribution in [3.63, 3.8) is 0 Å². The van der Waals surface area contributed by atoms with Crippen LogP contribution in [0.25, 0.3) is 0 Å². The van der Waals surface area contributed by atoms with E-state index in [-0.39, 0.29) is 5.97 Å². The summed E-state index contributed by atoms with van der Waals surface area (Å²) in [7, 11) is 1.63. The molecule has 0 unspecified atom stereocenters. The lowest BCUT2D eigenvalue weighted by Gasteiger charge is -2.30. The molecule has 8 heteroatoms. The standard InChI is InChI=1S/C24H24N2O4S2/c1-3-30-23(27)22-19-13-26(17-9-11-18(29-2)12-10-17)14-20(25-28)21(19)24(32-22)31-15-16-7-5-4-6-8-16/h4-12,28H,3,13-15H2,1-2H3/b25-20+. The van der Waals surface area contributed by atoms with E-state index in [9.17, 15) is 10.0 Å². The van der Waals surface area contributed by atoms with E-state index in [2.05, 4.69) is 22.2 Å². The second-order valence-corrected chi connectivity index (χ2v) is 9.43. The molecule has 0 bridgehead atoms. The summed E-state index contributed by atoms with van der Waals surface area (Å²) in [6, 6.07) is 17.9. The van der Waals surface area contributed by atoms with Crippen LogP contribution in [0.5, 0.6) is 5.75 Å².